The molecule has 2 aromatic rings. The summed E-state index contributed by atoms with van der Waals surface area (Å²) >= 11 is 1.70. The van der Waals surface area contributed by atoms with Gasteiger partial charge >= 0.3 is 0 Å². The molecule has 1 unspecified atom stereocenters. The number of rotatable bonds is 5. The smallest absolute Gasteiger partial charge is 0.123 e. The van der Waals surface area contributed by atoms with Crippen molar-refractivity contribution in [3.8, 4) is 5.75 Å². The Morgan fingerprint density at radius 3 is 2.85 bits per heavy atom. The molecule has 0 amide bonds. The van der Waals surface area contributed by atoms with Gasteiger partial charge in [-0.1, -0.05) is 31.0 Å². The predicted molar refractivity (Wildman–Crippen MR) is 83.6 cm³/mol. The summed E-state index contributed by atoms with van der Waals surface area (Å²) in [5, 5.41) is 0. The maximum absolute atomic E-state index is 6.21. The second kappa shape index (κ2) is 6.40. The zero-order chi connectivity index (χ0) is 13.8. The maximum Gasteiger partial charge on any atom is 0.123 e. The summed E-state index contributed by atoms with van der Waals surface area (Å²) in [4.78, 5) is 5.41. The van der Waals surface area contributed by atoms with Crippen LogP contribution in [-0.4, -0.2) is 11.1 Å². The molecule has 0 bridgehead atoms. The highest BCUT2D eigenvalue weighted by Gasteiger charge is 2.21. The quantitative estimate of drug-likeness (QED) is 0.787. The van der Waals surface area contributed by atoms with Crippen LogP contribution in [0.4, 0.5) is 0 Å². The number of thiazole rings is 1. The normalized spacial score (nSPS) is 17.2. The zero-order valence-electron chi connectivity index (χ0n) is 11.9. The van der Waals surface area contributed by atoms with E-state index in [1.54, 1.807) is 11.3 Å². The van der Waals surface area contributed by atoms with Crippen LogP contribution in [0.2, 0.25) is 0 Å². The van der Waals surface area contributed by atoms with Gasteiger partial charge in [-0.3, -0.25) is 4.98 Å². The van der Waals surface area contributed by atoms with Gasteiger partial charge in [0, 0.05) is 17.5 Å². The highest BCUT2D eigenvalue weighted by molar-refractivity contribution is 7.09. The molecule has 1 fully saturated rings. The third kappa shape index (κ3) is 3.21. The lowest BCUT2D eigenvalue weighted by Gasteiger charge is -2.19. The Hall–Kier alpha value is -1.35. The van der Waals surface area contributed by atoms with Gasteiger partial charge in [0.05, 0.1) is 5.51 Å². The Balaban J connectivity index is 1.70. The molecular weight excluding hydrogens is 266 g/mol. The lowest BCUT2D eigenvalue weighted by Crippen LogP contribution is -2.15. The van der Waals surface area contributed by atoms with Gasteiger partial charge in [0.2, 0.25) is 0 Å². The highest BCUT2D eigenvalue weighted by atomic mass is 32.1. The van der Waals surface area contributed by atoms with Crippen LogP contribution in [0.3, 0.4) is 0 Å². The fourth-order valence-corrected chi connectivity index (χ4v) is 3.76. The summed E-state index contributed by atoms with van der Waals surface area (Å²) in [6.07, 6.45) is 8.40. The summed E-state index contributed by atoms with van der Waals surface area (Å²) in [7, 11) is 0. The van der Waals surface area contributed by atoms with E-state index in [1.165, 1.54) is 36.1 Å². The van der Waals surface area contributed by atoms with E-state index in [1.807, 2.05) is 11.7 Å². The van der Waals surface area contributed by atoms with Gasteiger partial charge in [-0.15, -0.1) is 11.3 Å². The Morgan fingerprint density at radius 2 is 2.10 bits per heavy atom. The molecule has 0 radical (unpaired) electrons. The SMILES string of the molecule is CC(Cc1cncs1)Oc1ccccc1C1CCCC1. The lowest BCUT2D eigenvalue weighted by atomic mass is 9.97. The minimum absolute atomic E-state index is 0.193. The molecule has 2 nitrogen and oxygen atoms in total. The summed E-state index contributed by atoms with van der Waals surface area (Å²) in [6.45, 7) is 2.14. The molecule has 1 aliphatic carbocycles. The van der Waals surface area contributed by atoms with Crippen LogP contribution in [0.25, 0.3) is 0 Å². The number of para-hydroxylation sites is 1. The molecule has 0 saturated heterocycles. The van der Waals surface area contributed by atoms with Crippen LogP contribution in [-0.2, 0) is 6.42 Å². The minimum atomic E-state index is 0.193. The average molecular weight is 287 g/mol. The van der Waals surface area contributed by atoms with E-state index in [4.69, 9.17) is 4.74 Å². The van der Waals surface area contributed by atoms with Crippen LogP contribution >= 0.6 is 11.3 Å². The molecule has 3 rings (SSSR count). The molecule has 20 heavy (non-hydrogen) atoms. The molecule has 3 heteroatoms. The maximum atomic E-state index is 6.21. The Labute approximate surface area is 124 Å². The van der Waals surface area contributed by atoms with E-state index in [9.17, 15) is 0 Å². The van der Waals surface area contributed by atoms with Crippen molar-refractivity contribution in [1.29, 1.82) is 0 Å². The van der Waals surface area contributed by atoms with Crippen molar-refractivity contribution in [3.63, 3.8) is 0 Å². The number of hydrogen-bond acceptors (Lipinski definition) is 3. The average Bonchev–Trinajstić information content (AvgIpc) is 3.11. The minimum Gasteiger partial charge on any atom is -0.490 e. The van der Waals surface area contributed by atoms with E-state index in [0.29, 0.717) is 5.92 Å². The van der Waals surface area contributed by atoms with E-state index >= 15 is 0 Å². The van der Waals surface area contributed by atoms with E-state index in [2.05, 4.69) is 36.2 Å². The molecule has 1 atom stereocenters. The Morgan fingerprint density at radius 1 is 1.30 bits per heavy atom. The monoisotopic (exact) mass is 287 g/mol. The van der Waals surface area contributed by atoms with Gasteiger partial charge in [0.25, 0.3) is 0 Å². The summed E-state index contributed by atoms with van der Waals surface area (Å²) < 4.78 is 6.21. The van der Waals surface area contributed by atoms with Gasteiger partial charge in [-0.05, 0) is 37.3 Å². The molecule has 0 spiro atoms. The van der Waals surface area contributed by atoms with Crippen LogP contribution in [0, 0.1) is 0 Å². The standard InChI is InChI=1S/C17H21NOS/c1-13(10-15-11-18-12-20-15)19-17-9-5-4-8-16(17)14-6-2-3-7-14/h4-5,8-9,11-14H,2-3,6-7,10H2,1H3. The molecule has 1 saturated carbocycles. The topological polar surface area (TPSA) is 22.1 Å². The molecule has 1 heterocycles. The largest absolute Gasteiger partial charge is 0.490 e. The summed E-state index contributed by atoms with van der Waals surface area (Å²) in [5.74, 6) is 1.78. The van der Waals surface area contributed by atoms with Gasteiger partial charge in [0.15, 0.2) is 0 Å². The number of ether oxygens (including phenoxy) is 1. The van der Waals surface area contributed by atoms with Crippen LogP contribution in [0.1, 0.15) is 49.0 Å². The van der Waals surface area contributed by atoms with Crippen molar-refractivity contribution < 1.29 is 4.74 Å². The molecule has 1 aromatic heterocycles. The first-order valence-corrected chi connectivity index (χ1v) is 8.34. The highest BCUT2D eigenvalue weighted by Crippen LogP contribution is 2.38. The molecule has 1 aliphatic rings. The van der Waals surface area contributed by atoms with Gasteiger partial charge in [-0.2, -0.15) is 0 Å². The molecular formula is C17H21NOS. The predicted octanol–water partition coefficient (Wildman–Crippen LogP) is 4.81. The fourth-order valence-electron chi connectivity index (χ4n) is 3.05. The first-order valence-electron chi connectivity index (χ1n) is 7.46. The van der Waals surface area contributed by atoms with Crippen LogP contribution < -0.4 is 4.74 Å². The zero-order valence-corrected chi connectivity index (χ0v) is 12.7. The first-order chi connectivity index (χ1) is 9.83. The molecule has 0 N–H and O–H groups in total. The third-order valence-corrected chi connectivity index (χ3v) is 4.82. The van der Waals surface area contributed by atoms with Crippen LogP contribution in [0.15, 0.2) is 36.0 Å². The fraction of sp³-hybridized carbons (Fsp3) is 0.471. The number of nitrogens with zero attached hydrogens (tertiary/aromatic N) is 1. The van der Waals surface area contributed by atoms with Crippen molar-refractivity contribution in [1.82, 2.24) is 4.98 Å². The second-order valence-electron chi connectivity index (χ2n) is 5.62. The lowest BCUT2D eigenvalue weighted by molar-refractivity contribution is 0.220. The number of aromatic nitrogens is 1. The van der Waals surface area contributed by atoms with Crippen molar-refractivity contribution in [2.75, 3.05) is 0 Å². The third-order valence-electron chi connectivity index (χ3n) is 4.01. The van der Waals surface area contributed by atoms with Crippen molar-refractivity contribution >= 4 is 11.3 Å². The summed E-state index contributed by atoms with van der Waals surface area (Å²) in [6, 6.07) is 8.57. The molecule has 1 aromatic carbocycles. The molecule has 106 valence electrons. The van der Waals surface area contributed by atoms with E-state index in [0.717, 1.165) is 12.2 Å². The number of benzene rings is 1. The van der Waals surface area contributed by atoms with Crippen molar-refractivity contribution in [3.05, 3.63) is 46.4 Å². The Bertz CT molecular complexity index is 532. The van der Waals surface area contributed by atoms with Gasteiger partial charge in [0.1, 0.15) is 11.9 Å². The van der Waals surface area contributed by atoms with Gasteiger partial charge in [-0.25, -0.2) is 0 Å². The number of hydrogen-bond donors (Lipinski definition) is 0. The van der Waals surface area contributed by atoms with Crippen molar-refractivity contribution in [2.24, 2.45) is 0 Å². The van der Waals surface area contributed by atoms with Gasteiger partial charge < -0.3 is 4.74 Å². The summed E-state index contributed by atoms with van der Waals surface area (Å²) in [5.41, 5.74) is 3.29. The first kappa shape index (κ1) is 13.6. The molecule has 0 aliphatic heterocycles. The van der Waals surface area contributed by atoms with E-state index < -0.39 is 0 Å². The van der Waals surface area contributed by atoms with Crippen molar-refractivity contribution in [2.45, 2.75) is 51.0 Å². The van der Waals surface area contributed by atoms with E-state index in [-0.39, 0.29) is 6.10 Å². The second-order valence-corrected chi connectivity index (χ2v) is 6.59. The van der Waals surface area contributed by atoms with Crippen LogP contribution in [0.5, 0.6) is 5.75 Å². The Kier molecular flexibility index (Phi) is 4.36.